The summed E-state index contributed by atoms with van der Waals surface area (Å²) in [4.78, 5) is 16.6. The number of nitrogens with one attached hydrogen (secondary N) is 1. The average Bonchev–Trinajstić information content (AvgIpc) is 2.75. The fourth-order valence-electron chi connectivity index (χ4n) is 2.12. The van der Waals surface area contributed by atoms with Crippen LogP contribution in [0.3, 0.4) is 0 Å². The molecule has 2 rings (SSSR count). The number of nitrogens with zero attached hydrogens (tertiary/aromatic N) is 1. The molecule has 1 aromatic rings. The number of hydrogen-bond donors (Lipinski definition) is 1. The Morgan fingerprint density at radius 1 is 1.53 bits per heavy atom. The zero-order valence-electron chi connectivity index (χ0n) is 9.91. The van der Waals surface area contributed by atoms with Crippen molar-refractivity contribution in [2.75, 3.05) is 6.54 Å². The van der Waals surface area contributed by atoms with Crippen LogP contribution < -0.4 is 5.32 Å². The van der Waals surface area contributed by atoms with E-state index in [2.05, 4.69) is 10.3 Å². The van der Waals surface area contributed by atoms with E-state index in [0.717, 1.165) is 37.2 Å². The van der Waals surface area contributed by atoms with Gasteiger partial charge in [0.2, 0.25) is 0 Å². The van der Waals surface area contributed by atoms with Gasteiger partial charge in [-0.25, -0.2) is 4.98 Å². The van der Waals surface area contributed by atoms with Crippen molar-refractivity contribution in [1.29, 1.82) is 0 Å². The van der Waals surface area contributed by atoms with Gasteiger partial charge in [0.15, 0.2) is 0 Å². The summed E-state index contributed by atoms with van der Waals surface area (Å²) in [5.74, 6) is 0.589. The Bertz CT molecular complexity index is 386. The van der Waals surface area contributed by atoms with Crippen LogP contribution in [0.2, 0.25) is 0 Å². The molecule has 5 heteroatoms. The lowest BCUT2D eigenvalue weighted by Gasteiger charge is -2.24. The van der Waals surface area contributed by atoms with Crippen LogP contribution in [0.25, 0.3) is 0 Å². The molecule has 0 atom stereocenters. The predicted octanol–water partition coefficient (Wildman–Crippen LogP) is 2.98. The number of aryl methyl sites for hydroxylation is 1. The average molecular weight is 273 g/mol. The van der Waals surface area contributed by atoms with Crippen molar-refractivity contribution < 1.29 is 4.79 Å². The minimum atomic E-state index is 0.00333. The molecule has 1 saturated carbocycles. The molecule has 0 spiro atoms. The van der Waals surface area contributed by atoms with E-state index in [1.54, 1.807) is 6.20 Å². The highest BCUT2D eigenvalue weighted by Crippen LogP contribution is 2.27. The minimum absolute atomic E-state index is 0.00333. The van der Waals surface area contributed by atoms with Gasteiger partial charge in [-0.3, -0.25) is 4.79 Å². The van der Waals surface area contributed by atoms with Crippen LogP contribution in [-0.4, -0.2) is 22.8 Å². The summed E-state index contributed by atoms with van der Waals surface area (Å²) >= 11 is 7.49. The molecule has 1 aliphatic rings. The van der Waals surface area contributed by atoms with E-state index in [1.165, 1.54) is 11.3 Å². The number of carbonyl (C=O) groups excluding carboxylic acids is 1. The van der Waals surface area contributed by atoms with E-state index in [1.807, 2.05) is 6.92 Å². The number of hydrogen-bond acceptors (Lipinski definition) is 3. The van der Waals surface area contributed by atoms with Crippen molar-refractivity contribution in [3.63, 3.8) is 0 Å². The molecular weight excluding hydrogens is 256 g/mol. The number of alkyl halides is 1. The van der Waals surface area contributed by atoms with Crippen molar-refractivity contribution in [1.82, 2.24) is 10.3 Å². The van der Waals surface area contributed by atoms with E-state index in [-0.39, 0.29) is 5.91 Å². The lowest BCUT2D eigenvalue weighted by molar-refractivity contribution is 0.0947. The molecule has 1 N–H and O–H groups in total. The molecule has 0 saturated heterocycles. The molecule has 0 bridgehead atoms. The van der Waals surface area contributed by atoms with Crippen molar-refractivity contribution in [2.24, 2.45) is 5.92 Å². The number of aromatic nitrogens is 1. The first-order chi connectivity index (χ1) is 8.15. The van der Waals surface area contributed by atoms with Crippen LogP contribution in [0.5, 0.6) is 0 Å². The Labute approximate surface area is 111 Å². The molecular formula is C12H17ClN2OS. The number of rotatable bonds is 3. The summed E-state index contributed by atoms with van der Waals surface area (Å²) in [5.41, 5.74) is 0. The second kappa shape index (κ2) is 5.83. The maximum Gasteiger partial charge on any atom is 0.263 e. The first-order valence-corrected chi connectivity index (χ1v) is 7.25. The fourth-order valence-corrected chi connectivity index (χ4v) is 3.06. The molecule has 0 aromatic carbocycles. The molecule has 1 aromatic heterocycles. The summed E-state index contributed by atoms with van der Waals surface area (Å²) < 4.78 is 0. The van der Waals surface area contributed by atoms with Crippen LogP contribution in [0, 0.1) is 12.8 Å². The van der Waals surface area contributed by atoms with E-state index in [9.17, 15) is 4.79 Å². The van der Waals surface area contributed by atoms with Crippen molar-refractivity contribution in [2.45, 2.75) is 38.0 Å². The first-order valence-electron chi connectivity index (χ1n) is 6.00. The molecule has 1 fully saturated rings. The molecule has 0 radical (unpaired) electrons. The molecule has 17 heavy (non-hydrogen) atoms. The summed E-state index contributed by atoms with van der Waals surface area (Å²) in [6, 6.07) is 0. The smallest absolute Gasteiger partial charge is 0.263 e. The Hall–Kier alpha value is -0.610. The molecule has 0 aliphatic heterocycles. The molecule has 1 aliphatic carbocycles. The van der Waals surface area contributed by atoms with Gasteiger partial charge < -0.3 is 5.32 Å². The topological polar surface area (TPSA) is 42.0 Å². The van der Waals surface area contributed by atoms with E-state index >= 15 is 0 Å². The van der Waals surface area contributed by atoms with Gasteiger partial charge in [-0.05, 0) is 38.5 Å². The Kier molecular flexibility index (Phi) is 4.40. The normalized spacial score (nSPS) is 24.6. The van der Waals surface area contributed by atoms with Crippen LogP contribution in [0.4, 0.5) is 0 Å². The SMILES string of the molecule is Cc1ncc(C(=O)NCC2CCC(Cl)CC2)s1. The number of amides is 1. The summed E-state index contributed by atoms with van der Waals surface area (Å²) in [6.45, 7) is 2.67. The van der Waals surface area contributed by atoms with Gasteiger partial charge in [0.1, 0.15) is 4.88 Å². The van der Waals surface area contributed by atoms with Gasteiger partial charge in [0.05, 0.1) is 11.2 Å². The zero-order chi connectivity index (χ0) is 12.3. The lowest BCUT2D eigenvalue weighted by Crippen LogP contribution is -2.31. The first kappa shape index (κ1) is 12.8. The van der Waals surface area contributed by atoms with E-state index < -0.39 is 0 Å². The van der Waals surface area contributed by atoms with Gasteiger partial charge in [-0.2, -0.15) is 0 Å². The number of thiazole rings is 1. The van der Waals surface area contributed by atoms with Gasteiger partial charge in [-0.15, -0.1) is 22.9 Å². The Morgan fingerprint density at radius 2 is 2.24 bits per heavy atom. The van der Waals surface area contributed by atoms with Gasteiger partial charge in [0.25, 0.3) is 5.91 Å². The van der Waals surface area contributed by atoms with Crippen LogP contribution >= 0.6 is 22.9 Å². The monoisotopic (exact) mass is 272 g/mol. The maximum absolute atomic E-state index is 11.8. The Morgan fingerprint density at radius 3 is 2.82 bits per heavy atom. The third kappa shape index (κ3) is 3.68. The van der Waals surface area contributed by atoms with Crippen molar-refractivity contribution in [3.8, 4) is 0 Å². The molecule has 1 amide bonds. The standard InChI is InChI=1S/C12H17ClN2OS/c1-8-14-7-11(17-8)12(16)15-6-9-2-4-10(13)5-3-9/h7,9-10H,2-6H2,1H3,(H,15,16). The highest BCUT2D eigenvalue weighted by atomic mass is 35.5. The van der Waals surface area contributed by atoms with E-state index in [4.69, 9.17) is 11.6 Å². The highest BCUT2D eigenvalue weighted by Gasteiger charge is 2.20. The van der Waals surface area contributed by atoms with Crippen molar-refractivity contribution >= 4 is 28.8 Å². The number of carbonyl (C=O) groups is 1. The van der Waals surface area contributed by atoms with E-state index in [0.29, 0.717) is 16.2 Å². The fraction of sp³-hybridized carbons (Fsp3) is 0.667. The third-order valence-corrected chi connectivity index (χ3v) is 4.52. The van der Waals surface area contributed by atoms with Gasteiger partial charge in [-0.1, -0.05) is 0 Å². The van der Waals surface area contributed by atoms with Crippen LogP contribution in [0.1, 0.15) is 40.4 Å². The summed E-state index contributed by atoms with van der Waals surface area (Å²) in [6.07, 6.45) is 6.03. The highest BCUT2D eigenvalue weighted by molar-refractivity contribution is 7.13. The molecule has 94 valence electrons. The molecule has 3 nitrogen and oxygen atoms in total. The number of halogens is 1. The van der Waals surface area contributed by atoms with Gasteiger partial charge >= 0.3 is 0 Å². The minimum Gasteiger partial charge on any atom is -0.351 e. The third-order valence-electron chi connectivity index (χ3n) is 3.17. The van der Waals surface area contributed by atoms with Crippen LogP contribution in [0.15, 0.2) is 6.20 Å². The lowest BCUT2D eigenvalue weighted by atomic mass is 9.89. The molecule has 1 heterocycles. The van der Waals surface area contributed by atoms with Crippen LogP contribution in [-0.2, 0) is 0 Å². The van der Waals surface area contributed by atoms with Crippen molar-refractivity contribution in [3.05, 3.63) is 16.1 Å². The summed E-state index contributed by atoms with van der Waals surface area (Å²) in [5, 5.41) is 4.25. The summed E-state index contributed by atoms with van der Waals surface area (Å²) in [7, 11) is 0. The second-order valence-electron chi connectivity index (χ2n) is 4.57. The second-order valence-corrected chi connectivity index (χ2v) is 6.42. The maximum atomic E-state index is 11.8. The largest absolute Gasteiger partial charge is 0.351 e. The van der Waals surface area contributed by atoms with Gasteiger partial charge in [0, 0.05) is 11.9 Å². The quantitative estimate of drug-likeness (QED) is 0.860. The predicted molar refractivity (Wildman–Crippen MR) is 70.8 cm³/mol. The zero-order valence-corrected chi connectivity index (χ0v) is 11.5. The Balaban J connectivity index is 1.76. The molecule has 0 unspecified atom stereocenters.